The van der Waals surface area contributed by atoms with Crippen LogP contribution in [0.2, 0.25) is 5.02 Å². The Morgan fingerprint density at radius 3 is 2.70 bits per heavy atom. The highest BCUT2D eigenvalue weighted by Crippen LogP contribution is 2.32. The van der Waals surface area contributed by atoms with Crippen LogP contribution in [0.5, 0.6) is 5.75 Å². The van der Waals surface area contributed by atoms with Crippen molar-refractivity contribution in [1.29, 1.82) is 0 Å². The summed E-state index contributed by atoms with van der Waals surface area (Å²) in [6, 6.07) is 10.3. The zero-order chi connectivity index (χ0) is 14.7. The summed E-state index contributed by atoms with van der Waals surface area (Å²) in [6.07, 6.45) is 0. The van der Waals surface area contributed by atoms with Crippen LogP contribution in [0.25, 0.3) is 0 Å². The average molecular weight is 292 g/mol. The van der Waals surface area contributed by atoms with Crippen molar-refractivity contribution in [2.45, 2.75) is 0 Å². The lowest BCUT2D eigenvalue weighted by molar-refractivity contribution is 0.100. The number of nitrogens with two attached hydrogens (primary N) is 2. The first-order chi connectivity index (χ1) is 9.51. The van der Waals surface area contributed by atoms with Crippen LogP contribution in [-0.4, -0.2) is 13.0 Å². The van der Waals surface area contributed by atoms with Gasteiger partial charge in [0.2, 0.25) is 0 Å². The Labute approximate surface area is 121 Å². The molecule has 6 heteroatoms. The van der Waals surface area contributed by atoms with E-state index in [1.54, 1.807) is 19.2 Å². The number of primary amides is 1. The average Bonchev–Trinajstić information content (AvgIpc) is 2.41. The lowest BCUT2D eigenvalue weighted by Crippen LogP contribution is -2.14. The summed E-state index contributed by atoms with van der Waals surface area (Å²) in [5.41, 5.74) is 12.8. The second kappa shape index (κ2) is 5.71. The molecular formula is C14H14ClN3O2. The van der Waals surface area contributed by atoms with Gasteiger partial charge in [-0.05, 0) is 24.3 Å². The molecule has 20 heavy (non-hydrogen) atoms. The number of anilines is 3. The van der Waals surface area contributed by atoms with E-state index in [1.165, 1.54) is 6.07 Å². The number of methoxy groups -OCH3 is 1. The zero-order valence-corrected chi connectivity index (χ0v) is 11.6. The van der Waals surface area contributed by atoms with Gasteiger partial charge in [-0.15, -0.1) is 0 Å². The fourth-order valence-electron chi connectivity index (χ4n) is 1.79. The van der Waals surface area contributed by atoms with Gasteiger partial charge in [0.25, 0.3) is 5.91 Å². The van der Waals surface area contributed by atoms with E-state index >= 15 is 0 Å². The molecule has 5 N–H and O–H groups in total. The molecule has 0 aliphatic heterocycles. The smallest absolute Gasteiger partial charge is 0.250 e. The molecule has 0 fully saturated rings. The van der Waals surface area contributed by atoms with Crippen LogP contribution in [0.4, 0.5) is 17.1 Å². The van der Waals surface area contributed by atoms with Crippen molar-refractivity contribution in [3.05, 3.63) is 47.0 Å². The van der Waals surface area contributed by atoms with Crippen LogP contribution in [0, 0.1) is 0 Å². The van der Waals surface area contributed by atoms with Crippen molar-refractivity contribution in [3.8, 4) is 5.75 Å². The number of ether oxygens (including phenoxy) is 1. The lowest BCUT2D eigenvalue weighted by Gasteiger charge is -2.13. The minimum atomic E-state index is -0.607. The fraction of sp³-hybridized carbons (Fsp3) is 0.0714. The fourth-order valence-corrected chi connectivity index (χ4v) is 2.07. The number of nitrogens with one attached hydrogen (secondary N) is 1. The molecule has 2 aromatic carbocycles. The summed E-state index contributed by atoms with van der Waals surface area (Å²) < 4.78 is 5.13. The first-order valence-corrected chi connectivity index (χ1v) is 6.19. The summed E-state index contributed by atoms with van der Waals surface area (Å²) in [6.45, 7) is 0. The van der Waals surface area contributed by atoms with E-state index in [2.05, 4.69) is 5.32 Å². The number of carbonyl (C=O) groups excluding carboxylic acids is 1. The number of amides is 1. The number of hydrogen-bond donors (Lipinski definition) is 3. The number of benzene rings is 2. The third-order valence-corrected chi connectivity index (χ3v) is 3.02. The summed E-state index contributed by atoms with van der Waals surface area (Å²) in [4.78, 5) is 11.5. The number of carbonyl (C=O) groups is 1. The standard InChI is InChI=1S/C14H14ClN3O2/c1-20-10-4-2-3-9(7-10)18-13-11(14(17)19)5-8(16)6-12(13)15/h2-7,18H,16H2,1H3,(H2,17,19). The number of hydrogen-bond acceptors (Lipinski definition) is 4. The minimum Gasteiger partial charge on any atom is -0.497 e. The van der Waals surface area contributed by atoms with Crippen LogP contribution >= 0.6 is 11.6 Å². The van der Waals surface area contributed by atoms with E-state index in [1.807, 2.05) is 18.2 Å². The molecule has 0 saturated carbocycles. The van der Waals surface area contributed by atoms with Crippen molar-refractivity contribution in [2.75, 3.05) is 18.2 Å². The van der Waals surface area contributed by atoms with Crippen molar-refractivity contribution >= 4 is 34.6 Å². The summed E-state index contributed by atoms with van der Waals surface area (Å²) in [5.74, 6) is 0.0757. The Bertz CT molecular complexity index is 659. The molecule has 0 aliphatic rings. The molecule has 0 heterocycles. The molecule has 2 rings (SSSR count). The molecule has 0 aromatic heterocycles. The van der Waals surface area contributed by atoms with Crippen molar-refractivity contribution in [3.63, 3.8) is 0 Å². The SMILES string of the molecule is COc1cccc(Nc2c(Cl)cc(N)cc2C(N)=O)c1. The van der Waals surface area contributed by atoms with Gasteiger partial charge >= 0.3 is 0 Å². The molecule has 2 aromatic rings. The highest BCUT2D eigenvalue weighted by atomic mass is 35.5. The van der Waals surface area contributed by atoms with E-state index < -0.39 is 5.91 Å². The second-order valence-electron chi connectivity index (χ2n) is 4.15. The van der Waals surface area contributed by atoms with E-state index in [4.69, 9.17) is 27.8 Å². The maximum absolute atomic E-state index is 11.5. The number of halogens is 1. The van der Waals surface area contributed by atoms with Gasteiger partial charge < -0.3 is 21.5 Å². The third kappa shape index (κ3) is 2.95. The predicted molar refractivity (Wildman–Crippen MR) is 80.7 cm³/mol. The monoisotopic (exact) mass is 291 g/mol. The predicted octanol–water partition coefficient (Wildman–Crippen LogP) is 2.77. The topological polar surface area (TPSA) is 90.4 Å². The van der Waals surface area contributed by atoms with Gasteiger partial charge in [-0.3, -0.25) is 4.79 Å². The number of nitrogen functional groups attached to an aromatic ring is 1. The quantitative estimate of drug-likeness (QED) is 0.756. The van der Waals surface area contributed by atoms with E-state index in [-0.39, 0.29) is 5.56 Å². The zero-order valence-electron chi connectivity index (χ0n) is 10.8. The Hall–Kier alpha value is -2.40. The first kappa shape index (κ1) is 14.0. The van der Waals surface area contributed by atoms with Crippen molar-refractivity contribution < 1.29 is 9.53 Å². The van der Waals surface area contributed by atoms with Gasteiger partial charge in [-0.25, -0.2) is 0 Å². The highest BCUT2D eigenvalue weighted by molar-refractivity contribution is 6.34. The van der Waals surface area contributed by atoms with Crippen molar-refractivity contribution in [2.24, 2.45) is 5.73 Å². The molecule has 0 bridgehead atoms. The van der Waals surface area contributed by atoms with Crippen LogP contribution in [0.3, 0.4) is 0 Å². The number of rotatable bonds is 4. The Balaban J connectivity index is 2.44. The minimum absolute atomic E-state index is 0.234. The molecule has 5 nitrogen and oxygen atoms in total. The third-order valence-electron chi connectivity index (χ3n) is 2.72. The summed E-state index contributed by atoms with van der Waals surface area (Å²) in [7, 11) is 1.57. The molecule has 0 atom stereocenters. The molecule has 0 spiro atoms. The Morgan fingerprint density at radius 1 is 1.30 bits per heavy atom. The lowest BCUT2D eigenvalue weighted by atomic mass is 10.1. The van der Waals surface area contributed by atoms with Gasteiger partial charge in [0, 0.05) is 17.4 Å². The molecule has 0 saturated heterocycles. The van der Waals surface area contributed by atoms with E-state index in [0.29, 0.717) is 22.1 Å². The van der Waals surface area contributed by atoms with Gasteiger partial charge in [0.1, 0.15) is 5.75 Å². The summed E-state index contributed by atoms with van der Waals surface area (Å²) in [5, 5.41) is 3.38. The van der Waals surface area contributed by atoms with Crippen molar-refractivity contribution in [1.82, 2.24) is 0 Å². The summed E-state index contributed by atoms with van der Waals surface area (Å²) >= 11 is 6.12. The van der Waals surface area contributed by atoms with Crippen LogP contribution in [0.15, 0.2) is 36.4 Å². The largest absolute Gasteiger partial charge is 0.497 e. The van der Waals surface area contributed by atoms with Crippen LogP contribution in [0.1, 0.15) is 10.4 Å². The maximum Gasteiger partial charge on any atom is 0.250 e. The van der Waals surface area contributed by atoms with Gasteiger partial charge in [0.15, 0.2) is 0 Å². The second-order valence-corrected chi connectivity index (χ2v) is 4.55. The molecule has 0 radical (unpaired) electrons. The maximum atomic E-state index is 11.5. The first-order valence-electron chi connectivity index (χ1n) is 5.81. The van der Waals surface area contributed by atoms with Crippen LogP contribution in [-0.2, 0) is 0 Å². The molecular weight excluding hydrogens is 278 g/mol. The van der Waals surface area contributed by atoms with Gasteiger partial charge in [0.05, 0.1) is 23.4 Å². The molecule has 0 aliphatic carbocycles. The molecule has 1 amide bonds. The van der Waals surface area contributed by atoms with E-state index in [0.717, 1.165) is 5.69 Å². The Kier molecular flexibility index (Phi) is 4.00. The Morgan fingerprint density at radius 2 is 2.05 bits per heavy atom. The van der Waals surface area contributed by atoms with Gasteiger partial charge in [-0.2, -0.15) is 0 Å². The van der Waals surface area contributed by atoms with Gasteiger partial charge in [-0.1, -0.05) is 17.7 Å². The molecule has 0 unspecified atom stereocenters. The normalized spacial score (nSPS) is 10.1. The van der Waals surface area contributed by atoms with E-state index in [9.17, 15) is 4.79 Å². The van der Waals surface area contributed by atoms with Crippen LogP contribution < -0.4 is 21.5 Å². The highest BCUT2D eigenvalue weighted by Gasteiger charge is 2.13. The molecule has 104 valence electrons.